The highest BCUT2D eigenvalue weighted by Crippen LogP contribution is 2.45. The van der Waals surface area contributed by atoms with Crippen molar-refractivity contribution in [3.05, 3.63) is 0 Å². The number of phosphoric ester groups is 2. The third-order valence-corrected chi connectivity index (χ3v) is 21.7. The molecule has 2 unspecified atom stereocenters. The average Bonchev–Trinajstić information content (AvgIpc) is 0.913. The van der Waals surface area contributed by atoms with Crippen LogP contribution < -0.4 is 0 Å². The SMILES string of the molecule is CCCCCCCCCCCCCCCCCCCCCCCCC(=O)O[C@H](COC(=O)CCCCCCCCCCCCCCCCCC(C)C)COP(=O)(O)OC[C@@H](O)COP(=O)(O)OC[C@@H](COC(=O)CCCCCCC)OC(=O)CCCCCCCCCCCCCCCCCCCC. The normalized spacial score (nSPS) is 13.8. The van der Waals surface area contributed by atoms with Crippen LogP contribution in [0.5, 0.6) is 0 Å². The molecule has 0 aliphatic rings. The number of rotatable bonds is 84. The number of carbonyl (C=O) groups is 4. The van der Waals surface area contributed by atoms with Gasteiger partial charge in [0, 0.05) is 25.7 Å². The monoisotopic (exact) mass is 1510 g/mol. The van der Waals surface area contributed by atoms with Crippen LogP contribution >= 0.6 is 15.6 Å². The van der Waals surface area contributed by atoms with Gasteiger partial charge in [0.1, 0.15) is 19.3 Å². The maximum absolute atomic E-state index is 13.1. The zero-order valence-corrected chi connectivity index (χ0v) is 69.3. The van der Waals surface area contributed by atoms with Crippen LogP contribution in [0.3, 0.4) is 0 Å². The third-order valence-electron chi connectivity index (χ3n) is 19.8. The number of ether oxygens (including phenoxy) is 4. The van der Waals surface area contributed by atoms with Gasteiger partial charge in [-0.05, 0) is 31.6 Å². The predicted octanol–water partition coefficient (Wildman–Crippen LogP) is 25.6. The third kappa shape index (κ3) is 78.0. The first-order valence-corrected chi connectivity index (χ1v) is 46.6. The first-order chi connectivity index (χ1) is 50.0. The Morgan fingerprint density at radius 2 is 0.447 bits per heavy atom. The molecular weight excluding hydrogens is 1340 g/mol. The summed E-state index contributed by atoms with van der Waals surface area (Å²) in [6.07, 6.45) is 70.0. The molecule has 0 spiro atoms. The van der Waals surface area contributed by atoms with Crippen molar-refractivity contribution >= 4 is 39.5 Å². The van der Waals surface area contributed by atoms with E-state index in [2.05, 4.69) is 34.6 Å². The molecule has 612 valence electrons. The van der Waals surface area contributed by atoms with E-state index in [1.807, 2.05) is 0 Å². The Bertz CT molecular complexity index is 1960. The minimum Gasteiger partial charge on any atom is -0.462 e. The minimum absolute atomic E-state index is 0.108. The molecule has 0 bridgehead atoms. The van der Waals surface area contributed by atoms with Gasteiger partial charge in [-0.15, -0.1) is 0 Å². The Morgan fingerprint density at radius 1 is 0.262 bits per heavy atom. The Kier molecular flexibility index (Phi) is 75.4. The van der Waals surface area contributed by atoms with Crippen LogP contribution in [0.1, 0.15) is 452 Å². The van der Waals surface area contributed by atoms with Gasteiger partial charge in [0.25, 0.3) is 0 Å². The summed E-state index contributed by atoms with van der Waals surface area (Å²) in [7, 11) is -9.91. The average molecular weight is 1510 g/mol. The molecule has 0 aromatic rings. The summed E-state index contributed by atoms with van der Waals surface area (Å²) in [5, 5.41) is 10.6. The number of phosphoric acid groups is 2. The van der Waals surface area contributed by atoms with E-state index >= 15 is 0 Å². The van der Waals surface area contributed by atoms with Gasteiger partial charge in [-0.3, -0.25) is 37.3 Å². The standard InChI is InChI=1S/C84H164O17P2/c1-6-9-12-15-17-19-21-23-25-27-29-30-31-32-34-38-43-47-51-55-60-65-70-84(89)101-80(74-95-82(87)68-63-58-53-49-45-41-39-35-36-40-44-48-52-57-61-66-77(4)5)76-99-103(92,93)97-72-78(85)71-96-102(90,91)98-75-79(73-94-81(86)67-62-56-14-11-8-3)100-83(88)69-64-59-54-50-46-42-37-33-28-26-24-22-20-18-16-13-10-7-2/h77-80,85H,6-76H2,1-5H3,(H,90,91)(H,92,93)/t78-,79+,80+/m0/s1. The van der Waals surface area contributed by atoms with Crippen molar-refractivity contribution in [1.29, 1.82) is 0 Å². The molecule has 0 saturated carbocycles. The van der Waals surface area contributed by atoms with Gasteiger partial charge >= 0.3 is 39.5 Å². The highest BCUT2D eigenvalue weighted by molar-refractivity contribution is 7.47. The molecule has 5 atom stereocenters. The van der Waals surface area contributed by atoms with Gasteiger partial charge in [-0.25, -0.2) is 9.13 Å². The number of hydrogen-bond donors (Lipinski definition) is 3. The van der Waals surface area contributed by atoms with Crippen LogP contribution in [0.4, 0.5) is 0 Å². The quantitative estimate of drug-likeness (QED) is 0.0222. The fourth-order valence-electron chi connectivity index (χ4n) is 13.1. The van der Waals surface area contributed by atoms with Crippen molar-refractivity contribution in [2.45, 2.75) is 470 Å². The van der Waals surface area contributed by atoms with E-state index in [-0.39, 0.29) is 25.7 Å². The lowest BCUT2D eigenvalue weighted by Crippen LogP contribution is -2.30. The van der Waals surface area contributed by atoms with Gasteiger partial charge in [0.15, 0.2) is 12.2 Å². The number of aliphatic hydroxyl groups is 1. The van der Waals surface area contributed by atoms with Gasteiger partial charge in [0.2, 0.25) is 0 Å². The van der Waals surface area contributed by atoms with Crippen molar-refractivity contribution in [2.24, 2.45) is 5.92 Å². The molecule has 0 heterocycles. The van der Waals surface area contributed by atoms with Crippen molar-refractivity contribution in [2.75, 3.05) is 39.6 Å². The Balaban J connectivity index is 5.10. The Morgan fingerprint density at radius 3 is 0.660 bits per heavy atom. The van der Waals surface area contributed by atoms with E-state index < -0.39 is 97.5 Å². The molecule has 0 fully saturated rings. The molecule has 19 heteroatoms. The topological polar surface area (TPSA) is 237 Å². The highest BCUT2D eigenvalue weighted by Gasteiger charge is 2.30. The van der Waals surface area contributed by atoms with Crippen LogP contribution in [0.15, 0.2) is 0 Å². The van der Waals surface area contributed by atoms with Crippen molar-refractivity contribution < 1.29 is 80.2 Å². The smallest absolute Gasteiger partial charge is 0.462 e. The molecule has 0 aromatic carbocycles. The molecule has 0 aromatic heterocycles. The number of esters is 4. The number of aliphatic hydroxyl groups excluding tert-OH is 1. The molecule has 0 rings (SSSR count). The molecule has 0 radical (unpaired) electrons. The molecule has 0 saturated heterocycles. The Hall–Kier alpha value is -1.94. The number of hydrogen-bond acceptors (Lipinski definition) is 15. The fraction of sp³-hybridized carbons (Fsp3) is 0.952. The summed E-state index contributed by atoms with van der Waals surface area (Å²) in [5.41, 5.74) is 0. The second-order valence-electron chi connectivity index (χ2n) is 30.7. The maximum Gasteiger partial charge on any atom is 0.472 e. The van der Waals surface area contributed by atoms with Crippen LogP contribution in [0.25, 0.3) is 0 Å². The summed E-state index contributed by atoms with van der Waals surface area (Å²) in [6.45, 7) is 7.29. The first-order valence-electron chi connectivity index (χ1n) is 43.6. The van der Waals surface area contributed by atoms with E-state index in [4.69, 9.17) is 37.0 Å². The second kappa shape index (κ2) is 76.8. The van der Waals surface area contributed by atoms with E-state index in [1.54, 1.807) is 0 Å². The summed E-state index contributed by atoms with van der Waals surface area (Å²) >= 11 is 0. The maximum atomic E-state index is 13.1. The van der Waals surface area contributed by atoms with E-state index in [0.29, 0.717) is 25.7 Å². The van der Waals surface area contributed by atoms with Gasteiger partial charge in [-0.2, -0.15) is 0 Å². The molecular formula is C84H164O17P2. The summed E-state index contributed by atoms with van der Waals surface area (Å²) in [6, 6.07) is 0. The van der Waals surface area contributed by atoms with Crippen molar-refractivity contribution in [3.63, 3.8) is 0 Å². The largest absolute Gasteiger partial charge is 0.472 e. The summed E-state index contributed by atoms with van der Waals surface area (Å²) in [5.74, 6) is -1.31. The summed E-state index contributed by atoms with van der Waals surface area (Å²) in [4.78, 5) is 72.8. The second-order valence-corrected chi connectivity index (χ2v) is 33.6. The van der Waals surface area contributed by atoms with Gasteiger partial charge in [0.05, 0.1) is 26.4 Å². The molecule has 3 N–H and O–H groups in total. The number of unbranched alkanes of at least 4 members (excludes halogenated alkanes) is 56. The fourth-order valence-corrected chi connectivity index (χ4v) is 14.7. The van der Waals surface area contributed by atoms with Crippen LogP contribution in [0.2, 0.25) is 0 Å². The zero-order chi connectivity index (χ0) is 75.5. The molecule has 103 heavy (non-hydrogen) atoms. The highest BCUT2D eigenvalue weighted by atomic mass is 31.2. The van der Waals surface area contributed by atoms with Gasteiger partial charge < -0.3 is 33.8 Å². The lowest BCUT2D eigenvalue weighted by molar-refractivity contribution is -0.161. The van der Waals surface area contributed by atoms with Crippen LogP contribution in [0, 0.1) is 5.92 Å². The summed E-state index contributed by atoms with van der Waals surface area (Å²) < 4.78 is 68.6. The van der Waals surface area contributed by atoms with Crippen molar-refractivity contribution in [1.82, 2.24) is 0 Å². The molecule has 17 nitrogen and oxygen atoms in total. The van der Waals surface area contributed by atoms with E-state index in [1.165, 1.54) is 270 Å². The van der Waals surface area contributed by atoms with Crippen LogP contribution in [-0.2, 0) is 65.4 Å². The molecule has 0 amide bonds. The Labute approximate surface area is 632 Å². The van der Waals surface area contributed by atoms with Gasteiger partial charge in [-0.1, -0.05) is 401 Å². The molecule has 0 aliphatic heterocycles. The predicted molar refractivity (Wildman–Crippen MR) is 423 cm³/mol. The number of carbonyl (C=O) groups excluding carboxylic acids is 4. The lowest BCUT2D eigenvalue weighted by Gasteiger charge is -2.21. The van der Waals surface area contributed by atoms with Crippen molar-refractivity contribution in [3.8, 4) is 0 Å². The zero-order valence-electron chi connectivity index (χ0n) is 67.5. The van der Waals surface area contributed by atoms with Crippen LogP contribution in [-0.4, -0.2) is 96.7 Å². The lowest BCUT2D eigenvalue weighted by atomic mass is 10.0. The molecule has 0 aliphatic carbocycles. The first kappa shape index (κ1) is 101. The van der Waals surface area contributed by atoms with E-state index in [0.717, 1.165) is 102 Å². The van der Waals surface area contributed by atoms with E-state index in [9.17, 15) is 43.2 Å². The minimum atomic E-state index is -4.96.